The van der Waals surface area contributed by atoms with Crippen LogP contribution in [-0.4, -0.2) is 31.0 Å². The van der Waals surface area contributed by atoms with Crippen LogP contribution in [0.25, 0.3) is 11.9 Å². The van der Waals surface area contributed by atoms with Crippen molar-refractivity contribution < 1.29 is 42.2 Å². The SMILES string of the molecule is CCN1CCc2cc(OC)ccc2C1C([NH-])=O.[NH2-].[Y]. The Balaban J connectivity index is 0.00000162. The summed E-state index contributed by atoms with van der Waals surface area (Å²) in [5.74, 6) is 0.280. The van der Waals surface area contributed by atoms with Crippen LogP contribution >= 0.6 is 0 Å². The third-order valence-corrected chi connectivity index (χ3v) is 3.33. The first kappa shape index (κ1) is 18.5. The van der Waals surface area contributed by atoms with Gasteiger partial charge in [-0.05, 0) is 36.2 Å². The van der Waals surface area contributed by atoms with Gasteiger partial charge in [0.2, 0.25) is 0 Å². The van der Waals surface area contributed by atoms with E-state index in [9.17, 15) is 4.79 Å². The van der Waals surface area contributed by atoms with Crippen LogP contribution < -0.4 is 4.74 Å². The normalized spacial score (nSPS) is 17.7. The van der Waals surface area contributed by atoms with Crippen LogP contribution in [0.1, 0.15) is 24.1 Å². The predicted molar refractivity (Wildman–Crippen MR) is 71.3 cm³/mol. The van der Waals surface area contributed by atoms with Gasteiger partial charge in [-0.3, -0.25) is 4.90 Å². The molecule has 6 heteroatoms. The number of fused-ring (bicyclic) bond motifs is 1. The number of nitrogens with one attached hydrogen (secondary N) is 1. The van der Waals surface area contributed by atoms with E-state index in [0.29, 0.717) is 0 Å². The molecule has 1 atom stereocenters. The standard InChI is InChI=1S/C13H18N2O2.H2N.Y/c1-3-15-7-6-9-8-10(17-2)4-5-11(9)12(15)13(14)16;;/h4-5,8,12H,3,6-7H2,1-2H3,(H2,14,16);1H2;/q;-1;/p-1. The van der Waals surface area contributed by atoms with Crippen molar-refractivity contribution in [1.29, 1.82) is 0 Å². The van der Waals surface area contributed by atoms with Crippen molar-refractivity contribution in [2.45, 2.75) is 19.4 Å². The summed E-state index contributed by atoms with van der Waals surface area (Å²) in [6.07, 6.45) is 0.907. The molecule has 0 aliphatic carbocycles. The molecule has 0 saturated heterocycles. The van der Waals surface area contributed by atoms with Gasteiger partial charge in [0, 0.05) is 39.3 Å². The Morgan fingerprint density at radius 3 is 2.74 bits per heavy atom. The summed E-state index contributed by atoms with van der Waals surface area (Å²) in [7, 11) is 1.63. The smallest absolute Gasteiger partial charge is 0.119 e. The molecule has 1 radical (unpaired) electrons. The van der Waals surface area contributed by atoms with Crippen molar-refractivity contribution in [2.24, 2.45) is 0 Å². The molecule has 0 bridgehead atoms. The molecule has 19 heavy (non-hydrogen) atoms. The second kappa shape index (κ2) is 7.95. The zero-order valence-corrected chi connectivity index (χ0v) is 14.2. The monoisotopic (exact) mass is 338 g/mol. The molecular weight excluding hydrogens is 319 g/mol. The van der Waals surface area contributed by atoms with Crippen LogP contribution in [0.15, 0.2) is 18.2 Å². The summed E-state index contributed by atoms with van der Waals surface area (Å²) < 4.78 is 5.18. The maximum atomic E-state index is 11.5. The first-order chi connectivity index (χ1) is 8.17. The second-order valence-corrected chi connectivity index (χ2v) is 4.21. The molecule has 3 N–H and O–H groups in total. The van der Waals surface area contributed by atoms with Gasteiger partial charge in [-0.1, -0.05) is 13.0 Å². The molecular formula is C13H19N3O2Y-2. The number of carbonyl (C=O) groups excluding carboxylic acids is 1. The molecule has 0 spiro atoms. The van der Waals surface area contributed by atoms with Gasteiger partial charge in [0.15, 0.2) is 0 Å². The van der Waals surface area contributed by atoms with E-state index < -0.39 is 11.9 Å². The van der Waals surface area contributed by atoms with Gasteiger partial charge in [-0.25, -0.2) is 0 Å². The van der Waals surface area contributed by atoms with Crippen molar-refractivity contribution >= 4 is 5.91 Å². The number of rotatable bonds is 3. The zero-order chi connectivity index (χ0) is 12.4. The number of nitrogens with zero attached hydrogens (tertiary/aromatic N) is 1. The van der Waals surface area contributed by atoms with E-state index in [0.717, 1.165) is 36.4 Å². The van der Waals surface area contributed by atoms with Crippen LogP contribution in [0.5, 0.6) is 5.75 Å². The summed E-state index contributed by atoms with van der Waals surface area (Å²) in [5.41, 5.74) is 9.51. The third kappa shape index (κ3) is 3.75. The van der Waals surface area contributed by atoms with E-state index >= 15 is 0 Å². The molecule has 1 aromatic rings. The molecule has 1 aliphatic heterocycles. The van der Waals surface area contributed by atoms with Crippen LogP contribution in [-0.2, 0) is 43.9 Å². The summed E-state index contributed by atoms with van der Waals surface area (Å²) in [6, 6.07) is 5.33. The quantitative estimate of drug-likeness (QED) is 0.849. The Labute approximate surface area is 139 Å². The summed E-state index contributed by atoms with van der Waals surface area (Å²) in [4.78, 5) is 13.5. The molecule has 0 aromatic heterocycles. The minimum Gasteiger partial charge on any atom is -0.693 e. The van der Waals surface area contributed by atoms with Gasteiger partial charge >= 0.3 is 0 Å². The zero-order valence-electron chi connectivity index (χ0n) is 11.3. The van der Waals surface area contributed by atoms with Crippen molar-refractivity contribution in [2.75, 3.05) is 20.2 Å². The van der Waals surface area contributed by atoms with Gasteiger partial charge in [-0.2, -0.15) is 0 Å². The number of likely N-dealkylation sites (N-methyl/N-ethyl adjacent to an activating group) is 1. The molecule has 0 saturated carbocycles. The van der Waals surface area contributed by atoms with Crippen LogP contribution in [0.4, 0.5) is 0 Å². The van der Waals surface area contributed by atoms with Crippen LogP contribution in [0, 0.1) is 0 Å². The van der Waals surface area contributed by atoms with Crippen LogP contribution in [0.2, 0.25) is 0 Å². The van der Waals surface area contributed by atoms with E-state index in [1.807, 2.05) is 30.0 Å². The number of hydrogen-bond donors (Lipinski definition) is 0. The van der Waals surface area contributed by atoms with E-state index in [4.69, 9.17) is 10.5 Å². The molecule has 1 aliphatic rings. The molecule has 0 fully saturated rings. The topological polar surface area (TPSA) is 86.8 Å². The first-order valence-corrected chi connectivity index (χ1v) is 5.83. The van der Waals surface area contributed by atoms with E-state index in [1.165, 1.54) is 0 Å². The molecule has 1 amide bonds. The molecule has 103 valence electrons. The van der Waals surface area contributed by atoms with Crippen molar-refractivity contribution in [3.63, 3.8) is 0 Å². The molecule has 1 unspecified atom stereocenters. The van der Waals surface area contributed by atoms with E-state index in [-0.39, 0.29) is 38.9 Å². The Bertz CT molecular complexity index is 440. The fourth-order valence-electron chi connectivity index (χ4n) is 2.43. The maximum Gasteiger partial charge on any atom is 0.119 e. The van der Waals surface area contributed by atoms with Crippen molar-refractivity contribution in [3.8, 4) is 5.75 Å². The van der Waals surface area contributed by atoms with Gasteiger partial charge in [-0.15, -0.1) is 0 Å². The number of nitrogens with two attached hydrogens (primary N) is 1. The third-order valence-electron chi connectivity index (χ3n) is 3.33. The Kier molecular flexibility index (Phi) is 7.74. The summed E-state index contributed by atoms with van der Waals surface area (Å²) in [6.45, 7) is 3.64. The van der Waals surface area contributed by atoms with Gasteiger partial charge < -0.3 is 21.4 Å². The summed E-state index contributed by atoms with van der Waals surface area (Å²) >= 11 is 0. The molecule has 1 heterocycles. The number of amides is 1. The molecule has 1 aromatic carbocycles. The Morgan fingerprint density at radius 1 is 1.53 bits per heavy atom. The number of ether oxygens (including phenoxy) is 1. The second-order valence-electron chi connectivity index (χ2n) is 4.21. The van der Waals surface area contributed by atoms with Gasteiger partial charge in [0.25, 0.3) is 0 Å². The number of methoxy groups -OCH3 is 1. The maximum absolute atomic E-state index is 11.5. The van der Waals surface area contributed by atoms with Gasteiger partial charge in [0.05, 0.1) is 19.1 Å². The molecule has 5 nitrogen and oxygen atoms in total. The summed E-state index contributed by atoms with van der Waals surface area (Å²) in [5, 5.41) is 0. The van der Waals surface area contributed by atoms with E-state index in [2.05, 4.69) is 0 Å². The van der Waals surface area contributed by atoms with Crippen molar-refractivity contribution in [1.82, 2.24) is 4.90 Å². The van der Waals surface area contributed by atoms with Crippen molar-refractivity contribution in [3.05, 3.63) is 41.2 Å². The minimum absolute atomic E-state index is 0. The fourth-order valence-corrected chi connectivity index (χ4v) is 2.43. The Morgan fingerprint density at radius 2 is 2.21 bits per heavy atom. The fraction of sp³-hybridized carbons (Fsp3) is 0.462. The first-order valence-electron chi connectivity index (χ1n) is 5.83. The van der Waals surface area contributed by atoms with Gasteiger partial charge in [0.1, 0.15) is 5.75 Å². The predicted octanol–water partition coefficient (Wildman–Crippen LogP) is 2.91. The number of carbonyl (C=O) groups is 1. The Hall–Kier alpha value is -0.486. The van der Waals surface area contributed by atoms with E-state index in [1.54, 1.807) is 7.11 Å². The average molecular weight is 338 g/mol. The largest absolute Gasteiger partial charge is 0.693 e. The average Bonchev–Trinajstić information content (AvgIpc) is 2.36. The number of hydrogen-bond acceptors (Lipinski definition) is 3. The molecule has 2 rings (SSSR count). The minimum atomic E-state index is -0.530. The number of benzene rings is 1. The van der Waals surface area contributed by atoms with Crippen LogP contribution in [0.3, 0.4) is 0 Å².